The SMILES string of the molecule is COc1cc(OC)cc(C(O)CNc2ncc([N+](=O)[O-])cc2C)c1. The molecule has 1 aromatic heterocycles. The first-order chi connectivity index (χ1) is 11.4. The van der Waals surface area contributed by atoms with E-state index in [1.807, 2.05) is 0 Å². The van der Waals surface area contributed by atoms with Gasteiger partial charge in [-0.15, -0.1) is 0 Å². The molecule has 0 fully saturated rings. The summed E-state index contributed by atoms with van der Waals surface area (Å²) in [5, 5.41) is 24.1. The number of aromatic nitrogens is 1. The third kappa shape index (κ3) is 4.11. The number of hydrogen-bond donors (Lipinski definition) is 2. The normalized spacial score (nSPS) is 11.7. The molecule has 0 amide bonds. The van der Waals surface area contributed by atoms with Gasteiger partial charge in [-0.3, -0.25) is 10.1 Å². The quantitative estimate of drug-likeness (QED) is 0.592. The van der Waals surface area contributed by atoms with E-state index in [-0.39, 0.29) is 12.2 Å². The van der Waals surface area contributed by atoms with Crippen molar-refractivity contribution in [1.82, 2.24) is 4.98 Å². The summed E-state index contributed by atoms with van der Waals surface area (Å²) in [4.78, 5) is 14.2. The lowest BCUT2D eigenvalue weighted by atomic mass is 10.1. The molecule has 8 nitrogen and oxygen atoms in total. The Morgan fingerprint density at radius 1 is 1.25 bits per heavy atom. The maximum Gasteiger partial charge on any atom is 0.287 e. The zero-order valence-electron chi connectivity index (χ0n) is 13.6. The Labute approximate surface area is 139 Å². The van der Waals surface area contributed by atoms with E-state index in [9.17, 15) is 15.2 Å². The lowest BCUT2D eigenvalue weighted by Crippen LogP contribution is -2.14. The summed E-state index contributed by atoms with van der Waals surface area (Å²) in [5.74, 6) is 1.63. The van der Waals surface area contributed by atoms with Crippen LogP contribution in [0.5, 0.6) is 11.5 Å². The lowest BCUT2D eigenvalue weighted by Gasteiger charge is -2.15. The molecule has 2 N–H and O–H groups in total. The molecule has 0 spiro atoms. The maximum absolute atomic E-state index is 10.7. The number of ether oxygens (including phenoxy) is 2. The monoisotopic (exact) mass is 333 g/mol. The topological polar surface area (TPSA) is 107 Å². The van der Waals surface area contributed by atoms with Crippen LogP contribution >= 0.6 is 0 Å². The second kappa shape index (κ2) is 7.60. The van der Waals surface area contributed by atoms with Crippen LogP contribution in [0.1, 0.15) is 17.2 Å². The molecule has 0 saturated carbocycles. The summed E-state index contributed by atoms with van der Waals surface area (Å²) in [6.07, 6.45) is 0.349. The molecule has 128 valence electrons. The Hall–Kier alpha value is -2.87. The molecular formula is C16H19N3O5. The van der Waals surface area contributed by atoms with E-state index < -0.39 is 11.0 Å². The van der Waals surface area contributed by atoms with Gasteiger partial charge in [-0.1, -0.05) is 0 Å². The van der Waals surface area contributed by atoms with Crippen molar-refractivity contribution in [3.63, 3.8) is 0 Å². The Bertz CT molecular complexity index is 713. The van der Waals surface area contributed by atoms with Crippen molar-refractivity contribution < 1.29 is 19.5 Å². The van der Waals surface area contributed by atoms with E-state index in [2.05, 4.69) is 10.3 Å². The fourth-order valence-corrected chi connectivity index (χ4v) is 2.18. The van der Waals surface area contributed by atoms with Crippen molar-refractivity contribution in [2.24, 2.45) is 0 Å². The summed E-state index contributed by atoms with van der Waals surface area (Å²) < 4.78 is 10.4. The van der Waals surface area contributed by atoms with Gasteiger partial charge in [0.25, 0.3) is 5.69 Å². The van der Waals surface area contributed by atoms with Crippen LogP contribution in [-0.2, 0) is 0 Å². The van der Waals surface area contributed by atoms with E-state index in [0.29, 0.717) is 28.4 Å². The van der Waals surface area contributed by atoms with Crippen LogP contribution in [0.4, 0.5) is 11.5 Å². The number of nitrogens with one attached hydrogen (secondary N) is 1. The molecule has 1 atom stereocenters. The molecule has 8 heteroatoms. The van der Waals surface area contributed by atoms with Crippen LogP contribution in [0, 0.1) is 17.0 Å². The second-order valence-electron chi connectivity index (χ2n) is 5.16. The summed E-state index contributed by atoms with van der Waals surface area (Å²) in [6, 6.07) is 6.57. The number of methoxy groups -OCH3 is 2. The average molecular weight is 333 g/mol. The Morgan fingerprint density at radius 3 is 2.38 bits per heavy atom. The highest BCUT2D eigenvalue weighted by atomic mass is 16.6. The van der Waals surface area contributed by atoms with Gasteiger partial charge in [0.1, 0.15) is 23.5 Å². The van der Waals surface area contributed by atoms with Gasteiger partial charge in [-0.05, 0) is 30.2 Å². The van der Waals surface area contributed by atoms with Crippen molar-refractivity contribution in [1.29, 1.82) is 0 Å². The molecule has 0 aliphatic carbocycles. The van der Waals surface area contributed by atoms with Crippen molar-refractivity contribution in [3.05, 3.63) is 51.7 Å². The number of hydrogen-bond acceptors (Lipinski definition) is 7. The third-order valence-corrected chi connectivity index (χ3v) is 3.50. The smallest absolute Gasteiger partial charge is 0.287 e. The maximum atomic E-state index is 10.7. The predicted molar refractivity (Wildman–Crippen MR) is 88.6 cm³/mol. The number of pyridine rings is 1. The van der Waals surface area contributed by atoms with Crippen molar-refractivity contribution in [2.75, 3.05) is 26.1 Å². The fraction of sp³-hybridized carbons (Fsp3) is 0.312. The van der Waals surface area contributed by atoms with Gasteiger partial charge in [-0.25, -0.2) is 4.98 Å². The zero-order valence-corrected chi connectivity index (χ0v) is 13.6. The highest BCUT2D eigenvalue weighted by Gasteiger charge is 2.13. The first-order valence-corrected chi connectivity index (χ1v) is 7.20. The van der Waals surface area contributed by atoms with Gasteiger partial charge in [-0.2, -0.15) is 0 Å². The van der Waals surface area contributed by atoms with E-state index in [0.717, 1.165) is 0 Å². The Balaban J connectivity index is 2.10. The molecule has 0 saturated heterocycles. The van der Waals surface area contributed by atoms with Crippen LogP contribution < -0.4 is 14.8 Å². The van der Waals surface area contributed by atoms with Gasteiger partial charge < -0.3 is 19.9 Å². The van der Waals surface area contributed by atoms with Crippen LogP contribution in [0.3, 0.4) is 0 Å². The van der Waals surface area contributed by atoms with Gasteiger partial charge in [0.15, 0.2) is 0 Å². The number of aliphatic hydroxyl groups is 1. The predicted octanol–water partition coefficient (Wildman–Crippen LogP) is 2.46. The van der Waals surface area contributed by atoms with E-state index >= 15 is 0 Å². The molecule has 2 aromatic rings. The minimum Gasteiger partial charge on any atom is -0.497 e. The highest BCUT2D eigenvalue weighted by molar-refractivity contribution is 5.48. The number of anilines is 1. The van der Waals surface area contributed by atoms with Crippen LogP contribution in [0.2, 0.25) is 0 Å². The first kappa shape index (κ1) is 17.5. The van der Waals surface area contributed by atoms with E-state index in [4.69, 9.17) is 9.47 Å². The summed E-state index contributed by atoms with van der Waals surface area (Å²) >= 11 is 0. The molecule has 24 heavy (non-hydrogen) atoms. The number of aryl methyl sites for hydroxylation is 1. The highest BCUT2D eigenvalue weighted by Crippen LogP contribution is 2.27. The van der Waals surface area contributed by atoms with Gasteiger partial charge >= 0.3 is 0 Å². The summed E-state index contributed by atoms with van der Waals surface area (Å²) in [5.41, 5.74) is 1.18. The molecule has 0 radical (unpaired) electrons. The van der Waals surface area contributed by atoms with Crippen molar-refractivity contribution >= 4 is 11.5 Å². The zero-order chi connectivity index (χ0) is 17.7. The van der Waals surface area contributed by atoms with Crippen LogP contribution in [0.25, 0.3) is 0 Å². The molecule has 0 aliphatic heterocycles. The molecule has 0 bridgehead atoms. The fourth-order valence-electron chi connectivity index (χ4n) is 2.18. The standard InChI is InChI=1S/C16H19N3O5/c1-10-4-12(19(21)22)8-17-16(10)18-9-15(20)11-5-13(23-2)7-14(6-11)24-3/h4-8,15,20H,9H2,1-3H3,(H,17,18). The largest absolute Gasteiger partial charge is 0.497 e. The molecule has 1 unspecified atom stereocenters. The molecule has 1 aromatic carbocycles. The Morgan fingerprint density at radius 2 is 1.88 bits per heavy atom. The number of nitro groups is 1. The van der Waals surface area contributed by atoms with Crippen LogP contribution in [-0.4, -0.2) is 35.8 Å². The van der Waals surface area contributed by atoms with Gasteiger partial charge in [0.05, 0.1) is 25.2 Å². The van der Waals surface area contributed by atoms with Crippen LogP contribution in [0.15, 0.2) is 30.5 Å². The minimum atomic E-state index is -0.828. The third-order valence-electron chi connectivity index (χ3n) is 3.50. The molecule has 1 heterocycles. The average Bonchev–Trinajstić information content (AvgIpc) is 2.59. The lowest BCUT2D eigenvalue weighted by molar-refractivity contribution is -0.385. The van der Waals surface area contributed by atoms with Crippen molar-refractivity contribution in [2.45, 2.75) is 13.0 Å². The summed E-state index contributed by atoms with van der Waals surface area (Å²) in [6.45, 7) is 1.89. The van der Waals surface area contributed by atoms with E-state index in [1.165, 1.54) is 26.5 Å². The van der Waals surface area contributed by atoms with Gasteiger partial charge in [0, 0.05) is 18.7 Å². The number of rotatable bonds is 7. The van der Waals surface area contributed by atoms with E-state index in [1.54, 1.807) is 25.1 Å². The molecule has 2 rings (SSSR count). The van der Waals surface area contributed by atoms with Gasteiger partial charge in [0.2, 0.25) is 0 Å². The number of benzene rings is 1. The Kier molecular flexibility index (Phi) is 5.54. The number of nitrogens with zero attached hydrogens (tertiary/aromatic N) is 2. The first-order valence-electron chi connectivity index (χ1n) is 7.20. The molecular weight excluding hydrogens is 314 g/mol. The molecule has 0 aliphatic rings. The minimum absolute atomic E-state index is 0.0730. The van der Waals surface area contributed by atoms with Crippen molar-refractivity contribution in [3.8, 4) is 11.5 Å². The number of aliphatic hydroxyl groups excluding tert-OH is 1. The summed E-state index contributed by atoms with van der Waals surface area (Å²) in [7, 11) is 3.07. The second-order valence-corrected chi connectivity index (χ2v) is 5.16.